The molecule has 15 heteroatoms. The number of anilines is 3. The first kappa shape index (κ1) is 46.1. The molecular formula is C39H39Cl2N4NaO7V. The molecule has 1 aromatic heterocycles. The number of fused-ring (bicyclic) bond motifs is 1. The van der Waals surface area contributed by atoms with E-state index >= 15 is 0 Å². The van der Waals surface area contributed by atoms with Crippen LogP contribution < -0.4 is 49.8 Å². The summed E-state index contributed by atoms with van der Waals surface area (Å²) < 4.78 is 6.07. The number of rotatable bonds is 9. The maximum absolute atomic E-state index is 13.0. The molecule has 54 heavy (non-hydrogen) atoms. The fourth-order valence-electron chi connectivity index (χ4n) is 5.59. The van der Waals surface area contributed by atoms with Crippen molar-refractivity contribution in [2.24, 2.45) is 7.05 Å². The number of nitrogens with zero attached hydrogens (tertiary/aromatic N) is 4. The second-order valence-corrected chi connectivity index (χ2v) is 12.1. The number of aromatic hydroxyl groups is 1. The SMILES string of the molecule is CCN(C(=O)CC(=O)N(C)c1cccc(Cl)c1C(=O)OC)c1ccccc1.CCN(C(=O)c1c(O)c2c(Cl)cccc2n(C)c1=O)c1ccccc1.[H-].[Na+].[V]. The van der Waals surface area contributed by atoms with Crippen molar-refractivity contribution in [1.82, 2.24) is 4.57 Å². The maximum atomic E-state index is 13.0. The first-order chi connectivity index (χ1) is 24.9. The molecule has 0 spiro atoms. The van der Waals surface area contributed by atoms with E-state index in [9.17, 15) is 29.1 Å². The Hall–Kier alpha value is -4.07. The molecule has 0 saturated heterocycles. The molecule has 0 fully saturated rings. The number of benzene rings is 4. The van der Waals surface area contributed by atoms with E-state index in [1.807, 2.05) is 43.3 Å². The first-order valence-corrected chi connectivity index (χ1v) is 17.0. The number of hydrogen-bond acceptors (Lipinski definition) is 7. The van der Waals surface area contributed by atoms with Gasteiger partial charge in [0, 0.05) is 57.1 Å². The molecule has 5 rings (SSSR count). The fraction of sp³-hybridized carbons (Fsp3) is 0.205. The van der Waals surface area contributed by atoms with Crippen molar-refractivity contribution in [3.05, 3.63) is 129 Å². The van der Waals surface area contributed by atoms with Crippen LogP contribution in [0.4, 0.5) is 17.1 Å². The molecular weight excluding hydrogens is 781 g/mol. The van der Waals surface area contributed by atoms with Crippen LogP contribution in [-0.2, 0) is 39.9 Å². The zero-order valence-electron chi connectivity index (χ0n) is 31.7. The largest absolute Gasteiger partial charge is 1.00 e. The van der Waals surface area contributed by atoms with Crippen LogP contribution in [0.15, 0.2) is 102 Å². The third-order valence-electron chi connectivity index (χ3n) is 8.29. The number of carbonyl (C=O) groups is 4. The molecule has 0 atom stereocenters. The van der Waals surface area contributed by atoms with Gasteiger partial charge in [-0.05, 0) is 62.4 Å². The Kier molecular flexibility index (Phi) is 18.0. The van der Waals surface area contributed by atoms with Crippen LogP contribution in [0.3, 0.4) is 0 Å². The minimum Gasteiger partial charge on any atom is -1.00 e. The molecule has 0 unspecified atom stereocenters. The van der Waals surface area contributed by atoms with Gasteiger partial charge in [0.2, 0.25) is 11.8 Å². The summed E-state index contributed by atoms with van der Waals surface area (Å²) >= 11 is 12.3. The summed E-state index contributed by atoms with van der Waals surface area (Å²) in [6.07, 6.45) is -0.341. The molecule has 5 aromatic rings. The van der Waals surface area contributed by atoms with E-state index in [-0.39, 0.29) is 94.5 Å². The van der Waals surface area contributed by atoms with Crippen molar-refractivity contribution in [2.45, 2.75) is 20.3 Å². The molecule has 0 aliphatic carbocycles. The summed E-state index contributed by atoms with van der Waals surface area (Å²) in [6.45, 7) is 4.43. The van der Waals surface area contributed by atoms with E-state index in [0.29, 0.717) is 29.7 Å². The molecule has 3 amide bonds. The summed E-state index contributed by atoms with van der Waals surface area (Å²) in [5, 5.41) is 11.4. The third kappa shape index (κ3) is 10.2. The monoisotopic (exact) mass is 819 g/mol. The van der Waals surface area contributed by atoms with Gasteiger partial charge in [0.1, 0.15) is 23.3 Å². The summed E-state index contributed by atoms with van der Waals surface area (Å²) in [7, 11) is 4.28. The Morgan fingerprint density at radius 2 is 1.28 bits per heavy atom. The number of esters is 1. The number of hydrogen-bond donors (Lipinski definition) is 1. The quantitative estimate of drug-likeness (QED) is 0.134. The number of pyridine rings is 1. The molecule has 1 heterocycles. The topological polar surface area (TPSA) is 129 Å². The minimum absolute atomic E-state index is 0. The molecule has 277 valence electrons. The van der Waals surface area contributed by atoms with Crippen LogP contribution >= 0.6 is 23.2 Å². The Morgan fingerprint density at radius 1 is 0.759 bits per heavy atom. The van der Waals surface area contributed by atoms with Crippen LogP contribution in [0.1, 0.15) is 42.4 Å². The van der Waals surface area contributed by atoms with Gasteiger partial charge in [0.25, 0.3) is 11.5 Å². The molecule has 4 aromatic carbocycles. The Labute approximate surface area is 359 Å². The number of methoxy groups -OCH3 is 1. The average Bonchev–Trinajstić information content (AvgIpc) is 3.15. The zero-order chi connectivity index (χ0) is 38.1. The van der Waals surface area contributed by atoms with Gasteiger partial charge in [0.05, 0.1) is 33.7 Å². The van der Waals surface area contributed by atoms with Crippen molar-refractivity contribution in [2.75, 3.05) is 41.9 Å². The number of carbonyl (C=O) groups excluding carboxylic acids is 4. The van der Waals surface area contributed by atoms with Crippen LogP contribution in [0.2, 0.25) is 10.0 Å². The summed E-state index contributed by atoms with van der Waals surface area (Å²) in [6, 6.07) is 27.8. The van der Waals surface area contributed by atoms with Crippen LogP contribution in [0.25, 0.3) is 10.9 Å². The zero-order valence-corrected chi connectivity index (χ0v) is 35.7. The predicted octanol–water partition coefficient (Wildman–Crippen LogP) is 4.21. The molecule has 0 aliphatic rings. The standard InChI is InChI=1S/C20H21ClN2O4.C19H17ClN2O3.Na.V.H/c1-4-23(14-9-6-5-7-10-14)18(25)13-17(24)22(2)16-12-8-11-15(21)19(16)20(26)27-3;1-3-22(12-8-5-4-6-9-12)19(25)16-17(23)15-13(20)10-7-11-14(15)21(2)18(16)24;;;/h5-12H,4,13H2,1-3H3;4-11,23H,3H2,1-2H3;;;/q;;+1;;-1. The number of aromatic nitrogens is 1. The van der Waals surface area contributed by atoms with Crippen LogP contribution in [0.5, 0.6) is 5.75 Å². The number of halogens is 2. The summed E-state index contributed by atoms with van der Waals surface area (Å²) in [5.74, 6) is -2.39. The van der Waals surface area contributed by atoms with Gasteiger partial charge in [-0.2, -0.15) is 0 Å². The van der Waals surface area contributed by atoms with E-state index in [2.05, 4.69) is 0 Å². The average molecular weight is 821 g/mol. The second kappa shape index (κ2) is 21.1. The van der Waals surface area contributed by atoms with Crippen molar-refractivity contribution < 1.29 is 78.6 Å². The predicted molar refractivity (Wildman–Crippen MR) is 206 cm³/mol. The molecule has 0 bridgehead atoms. The van der Waals surface area contributed by atoms with Gasteiger partial charge < -0.3 is 30.5 Å². The molecule has 0 aliphatic heterocycles. The Bertz CT molecular complexity index is 2180. The van der Waals surface area contributed by atoms with Gasteiger partial charge >= 0.3 is 35.5 Å². The number of para-hydroxylation sites is 2. The Balaban J connectivity index is 0.000000522. The van der Waals surface area contributed by atoms with E-state index in [1.54, 1.807) is 68.6 Å². The van der Waals surface area contributed by atoms with Gasteiger partial charge in [-0.15, -0.1) is 0 Å². The van der Waals surface area contributed by atoms with E-state index in [1.165, 1.54) is 39.5 Å². The van der Waals surface area contributed by atoms with E-state index < -0.39 is 23.3 Å². The first-order valence-electron chi connectivity index (χ1n) is 16.2. The number of aryl methyl sites for hydroxylation is 1. The third-order valence-corrected chi connectivity index (χ3v) is 8.92. The van der Waals surface area contributed by atoms with Crippen LogP contribution in [0, 0.1) is 0 Å². The van der Waals surface area contributed by atoms with Gasteiger partial charge in [-0.1, -0.05) is 71.7 Å². The van der Waals surface area contributed by atoms with Gasteiger partial charge in [-0.25, -0.2) is 4.79 Å². The van der Waals surface area contributed by atoms with Crippen molar-refractivity contribution in [3.8, 4) is 5.75 Å². The molecule has 11 nitrogen and oxygen atoms in total. The minimum atomic E-state index is -0.652. The summed E-state index contributed by atoms with van der Waals surface area (Å²) in [4.78, 5) is 67.3. The smallest absolute Gasteiger partial charge is 1.00 e. The van der Waals surface area contributed by atoms with Gasteiger partial charge in [-0.3, -0.25) is 19.2 Å². The van der Waals surface area contributed by atoms with E-state index in [0.717, 1.165) is 5.69 Å². The van der Waals surface area contributed by atoms with Crippen LogP contribution in [-0.4, -0.2) is 60.6 Å². The number of ether oxygens (including phenoxy) is 1. The summed E-state index contributed by atoms with van der Waals surface area (Å²) in [5.41, 5.74) is 1.36. The van der Waals surface area contributed by atoms with Crippen molar-refractivity contribution in [3.63, 3.8) is 0 Å². The van der Waals surface area contributed by atoms with E-state index in [4.69, 9.17) is 27.9 Å². The van der Waals surface area contributed by atoms with Crippen molar-refractivity contribution in [1.29, 1.82) is 0 Å². The normalized spacial score (nSPS) is 10.1. The second-order valence-electron chi connectivity index (χ2n) is 11.3. The molecule has 1 N–H and O–H groups in total. The number of amides is 3. The van der Waals surface area contributed by atoms with Crippen molar-refractivity contribution >= 4 is 74.9 Å². The maximum Gasteiger partial charge on any atom is 1.00 e. The molecule has 0 saturated carbocycles. The molecule has 1 radical (unpaired) electrons. The fourth-order valence-corrected chi connectivity index (χ4v) is 6.10. The van der Waals surface area contributed by atoms with Gasteiger partial charge in [0.15, 0.2) is 0 Å². The Morgan fingerprint density at radius 3 is 1.81 bits per heavy atom.